The van der Waals surface area contributed by atoms with Crippen molar-refractivity contribution in [1.29, 1.82) is 0 Å². The molecule has 3 rings (SSSR count). The zero-order valence-corrected chi connectivity index (χ0v) is 11.6. The van der Waals surface area contributed by atoms with E-state index in [2.05, 4.69) is 20.3 Å². The highest BCUT2D eigenvalue weighted by Crippen LogP contribution is 2.21. The fourth-order valence-corrected chi connectivity index (χ4v) is 2.02. The Morgan fingerprint density at radius 1 is 0.952 bits per heavy atom. The van der Waals surface area contributed by atoms with Crippen LogP contribution in [0, 0.1) is 6.92 Å². The van der Waals surface area contributed by atoms with Crippen LogP contribution in [0.4, 0.5) is 17.3 Å². The van der Waals surface area contributed by atoms with Crippen LogP contribution in [0.2, 0.25) is 0 Å². The van der Waals surface area contributed by atoms with Gasteiger partial charge in [-0.05, 0) is 48.9 Å². The Bertz CT molecular complexity index is 756. The molecule has 3 N–H and O–H groups in total. The highest BCUT2D eigenvalue weighted by atomic mass is 15.1. The first-order valence-electron chi connectivity index (χ1n) is 6.60. The van der Waals surface area contributed by atoms with Gasteiger partial charge in [-0.2, -0.15) is 0 Å². The smallest absolute Gasteiger partial charge is 0.227 e. The Morgan fingerprint density at radius 2 is 1.86 bits per heavy atom. The van der Waals surface area contributed by atoms with E-state index in [-0.39, 0.29) is 0 Å². The first-order valence-corrected chi connectivity index (χ1v) is 6.60. The summed E-state index contributed by atoms with van der Waals surface area (Å²) in [5, 5.41) is 3.20. The molecular formula is C16H15N5. The van der Waals surface area contributed by atoms with E-state index in [4.69, 9.17) is 5.73 Å². The SMILES string of the molecule is Cc1cc(N)ccc1Nc1nccc(-c2ccccn2)n1. The van der Waals surface area contributed by atoms with Gasteiger partial charge < -0.3 is 11.1 Å². The number of benzene rings is 1. The summed E-state index contributed by atoms with van der Waals surface area (Å²) in [4.78, 5) is 13.0. The number of anilines is 3. The summed E-state index contributed by atoms with van der Waals surface area (Å²) in [6.45, 7) is 1.99. The number of aromatic nitrogens is 3. The lowest BCUT2D eigenvalue weighted by molar-refractivity contribution is 1.15. The Balaban J connectivity index is 1.90. The predicted molar refractivity (Wildman–Crippen MR) is 84.1 cm³/mol. The maximum absolute atomic E-state index is 5.75. The monoisotopic (exact) mass is 277 g/mol. The second-order valence-corrected chi connectivity index (χ2v) is 4.68. The molecule has 0 unspecified atom stereocenters. The number of rotatable bonds is 3. The van der Waals surface area contributed by atoms with E-state index in [0.717, 1.165) is 28.3 Å². The zero-order valence-electron chi connectivity index (χ0n) is 11.6. The number of pyridine rings is 1. The Hall–Kier alpha value is -2.95. The Kier molecular flexibility index (Phi) is 3.47. The highest BCUT2D eigenvalue weighted by molar-refractivity contribution is 5.63. The Morgan fingerprint density at radius 3 is 2.62 bits per heavy atom. The van der Waals surface area contributed by atoms with E-state index in [9.17, 15) is 0 Å². The number of hydrogen-bond acceptors (Lipinski definition) is 5. The van der Waals surface area contributed by atoms with Crippen LogP contribution in [-0.2, 0) is 0 Å². The summed E-state index contributed by atoms with van der Waals surface area (Å²) in [7, 11) is 0. The van der Waals surface area contributed by atoms with Gasteiger partial charge in [-0.3, -0.25) is 4.98 Å². The van der Waals surface area contributed by atoms with Crippen molar-refractivity contribution in [2.75, 3.05) is 11.1 Å². The van der Waals surface area contributed by atoms with Gasteiger partial charge in [-0.1, -0.05) is 6.07 Å². The van der Waals surface area contributed by atoms with E-state index in [1.807, 2.05) is 49.4 Å². The third-order valence-electron chi connectivity index (χ3n) is 3.08. The molecule has 0 aliphatic rings. The number of nitrogen functional groups attached to an aromatic ring is 1. The third-order valence-corrected chi connectivity index (χ3v) is 3.08. The van der Waals surface area contributed by atoms with Gasteiger partial charge in [0.15, 0.2) is 0 Å². The van der Waals surface area contributed by atoms with Crippen molar-refractivity contribution in [3.63, 3.8) is 0 Å². The lowest BCUT2D eigenvalue weighted by Gasteiger charge is -2.09. The van der Waals surface area contributed by atoms with Crippen molar-refractivity contribution in [2.45, 2.75) is 6.92 Å². The highest BCUT2D eigenvalue weighted by Gasteiger charge is 2.05. The summed E-state index contributed by atoms with van der Waals surface area (Å²) >= 11 is 0. The van der Waals surface area contributed by atoms with Crippen LogP contribution in [-0.4, -0.2) is 15.0 Å². The largest absolute Gasteiger partial charge is 0.399 e. The second-order valence-electron chi connectivity index (χ2n) is 4.68. The van der Waals surface area contributed by atoms with Crippen LogP contribution in [0.1, 0.15) is 5.56 Å². The minimum absolute atomic E-state index is 0.533. The molecule has 2 aromatic heterocycles. The van der Waals surface area contributed by atoms with Crippen molar-refractivity contribution >= 4 is 17.3 Å². The lowest BCUT2D eigenvalue weighted by atomic mass is 10.2. The van der Waals surface area contributed by atoms with Crippen molar-refractivity contribution in [3.8, 4) is 11.4 Å². The molecule has 0 amide bonds. The van der Waals surface area contributed by atoms with Crippen LogP contribution < -0.4 is 11.1 Å². The van der Waals surface area contributed by atoms with Crippen molar-refractivity contribution in [1.82, 2.24) is 15.0 Å². The molecule has 5 nitrogen and oxygen atoms in total. The van der Waals surface area contributed by atoms with Gasteiger partial charge in [0.2, 0.25) is 5.95 Å². The molecular weight excluding hydrogens is 262 g/mol. The fourth-order valence-electron chi connectivity index (χ4n) is 2.02. The quantitative estimate of drug-likeness (QED) is 0.719. The normalized spacial score (nSPS) is 10.3. The van der Waals surface area contributed by atoms with Gasteiger partial charge in [0, 0.05) is 23.8 Å². The summed E-state index contributed by atoms with van der Waals surface area (Å²) in [5.41, 5.74) is 10.1. The lowest BCUT2D eigenvalue weighted by Crippen LogP contribution is -2.00. The number of nitrogens with two attached hydrogens (primary N) is 1. The number of nitrogens with zero attached hydrogens (tertiary/aromatic N) is 3. The molecule has 0 saturated heterocycles. The standard InChI is InChI=1S/C16H15N5/c1-11-10-12(17)5-6-13(11)20-16-19-9-7-15(21-16)14-4-2-3-8-18-14/h2-10H,17H2,1H3,(H,19,20,21). The minimum Gasteiger partial charge on any atom is -0.399 e. The molecule has 5 heteroatoms. The number of nitrogens with one attached hydrogen (secondary N) is 1. The molecule has 0 atom stereocenters. The summed E-state index contributed by atoms with van der Waals surface area (Å²) < 4.78 is 0. The molecule has 0 fully saturated rings. The first kappa shape index (κ1) is 13.1. The summed E-state index contributed by atoms with van der Waals surface area (Å²) in [5.74, 6) is 0.533. The molecule has 0 spiro atoms. The third kappa shape index (κ3) is 2.97. The molecule has 3 aromatic rings. The molecule has 0 aliphatic heterocycles. The van der Waals surface area contributed by atoms with Gasteiger partial charge in [0.1, 0.15) is 0 Å². The van der Waals surface area contributed by atoms with Gasteiger partial charge in [-0.15, -0.1) is 0 Å². The van der Waals surface area contributed by atoms with Crippen LogP contribution >= 0.6 is 0 Å². The van der Waals surface area contributed by atoms with Crippen LogP contribution in [0.3, 0.4) is 0 Å². The van der Waals surface area contributed by atoms with Crippen molar-refractivity contribution in [3.05, 3.63) is 60.4 Å². The Labute approximate surface area is 122 Å². The topological polar surface area (TPSA) is 76.7 Å². The molecule has 2 heterocycles. The molecule has 0 bridgehead atoms. The van der Waals surface area contributed by atoms with E-state index in [1.165, 1.54) is 0 Å². The van der Waals surface area contributed by atoms with Gasteiger partial charge in [0.05, 0.1) is 11.4 Å². The molecule has 0 radical (unpaired) electrons. The fraction of sp³-hybridized carbons (Fsp3) is 0.0625. The van der Waals surface area contributed by atoms with Crippen LogP contribution in [0.15, 0.2) is 54.9 Å². The average molecular weight is 277 g/mol. The van der Waals surface area contributed by atoms with Crippen LogP contribution in [0.5, 0.6) is 0 Å². The van der Waals surface area contributed by atoms with E-state index in [1.54, 1.807) is 12.4 Å². The molecule has 21 heavy (non-hydrogen) atoms. The maximum atomic E-state index is 5.75. The molecule has 1 aromatic carbocycles. The van der Waals surface area contributed by atoms with E-state index >= 15 is 0 Å². The molecule has 104 valence electrons. The number of hydrogen-bond donors (Lipinski definition) is 2. The van der Waals surface area contributed by atoms with Crippen molar-refractivity contribution < 1.29 is 0 Å². The van der Waals surface area contributed by atoms with Crippen LogP contribution in [0.25, 0.3) is 11.4 Å². The van der Waals surface area contributed by atoms with Gasteiger partial charge in [-0.25, -0.2) is 9.97 Å². The summed E-state index contributed by atoms with van der Waals surface area (Å²) in [6.07, 6.45) is 3.46. The minimum atomic E-state index is 0.533. The van der Waals surface area contributed by atoms with Crippen molar-refractivity contribution in [2.24, 2.45) is 0 Å². The molecule has 0 aliphatic carbocycles. The molecule has 0 saturated carbocycles. The maximum Gasteiger partial charge on any atom is 0.227 e. The predicted octanol–water partition coefficient (Wildman–Crippen LogP) is 3.17. The van der Waals surface area contributed by atoms with Gasteiger partial charge in [0.25, 0.3) is 0 Å². The first-order chi connectivity index (χ1) is 10.2. The summed E-state index contributed by atoms with van der Waals surface area (Å²) in [6, 6.07) is 13.2. The number of aryl methyl sites for hydroxylation is 1. The van der Waals surface area contributed by atoms with Gasteiger partial charge >= 0.3 is 0 Å². The van der Waals surface area contributed by atoms with E-state index < -0.39 is 0 Å². The second kappa shape index (κ2) is 5.58. The van der Waals surface area contributed by atoms with E-state index in [0.29, 0.717) is 5.95 Å². The average Bonchev–Trinajstić information content (AvgIpc) is 2.51. The zero-order chi connectivity index (χ0) is 14.7.